The Morgan fingerprint density at radius 2 is 2.00 bits per heavy atom. The quantitative estimate of drug-likeness (QED) is 0.300. The van der Waals surface area contributed by atoms with Crippen molar-refractivity contribution in [2.45, 2.75) is 25.8 Å². The van der Waals surface area contributed by atoms with Gasteiger partial charge in [0.25, 0.3) is 0 Å². The van der Waals surface area contributed by atoms with E-state index in [0.717, 1.165) is 18.4 Å². The molecular formula is C25H25N7O4. The number of imidazole rings is 1. The van der Waals surface area contributed by atoms with Crippen molar-refractivity contribution < 1.29 is 14.3 Å². The van der Waals surface area contributed by atoms with E-state index in [1.807, 2.05) is 12.1 Å². The van der Waals surface area contributed by atoms with Crippen molar-refractivity contribution in [2.75, 3.05) is 30.4 Å². The predicted octanol–water partition coefficient (Wildman–Crippen LogP) is 2.47. The maximum absolute atomic E-state index is 13.2. The Hall–Kier alpha value is -4.54. The Morgan fingerprint density at radius 1 is 1.19 bits per heavy atom. The molecule has 1 aromatic carbocycles. The highest BCUT2D eigenvalue weighted by molar-refractivity contribution is 6.09. The molecule has 11 heteroatoms. The summed E-state index contributed by atoms with van der Waals surface area (Å²) in [6.07, 6.45) is 5.11. The Morgan fingerprint density at radius 3 is 2.75 bits per heavy atom. The van der Waals surface area contributed by atoms with Crippen LogP contribution in [0.1, 0.15) is 40.5 Å². The lowest BCUT2D eigenvalue weighted by Crippen LogP contribution is -2.37. The number of hydrogen-bond donors (Lipinski definition) is 2. The van der Waals surface area contributed by atoms with Crippen molar-refractivity contribution in [1.29, 1.82) is 0 Å². The fraction of sp³-hybridized carbons (Fsp3) is 0.280. The number of carbonyl (C=O) groups is 2. The second-order valence-electron chi connectivity index (χ2n) is 8.61. The molecule has 0 unspecified atom stereocenters. The number of ketones is 1. The summed E-state index contributed by atoms with van der Waals surface area (Å²) in [5.74, 6) is 0.776. The number of aromatic nitrogens is 5. The Bertz CT molecular complexity index is 1500. The van der Waals surface area contributed by atoms with Gasteiger partial charge in [0.2, 0.25) is 12.2 Å². The fourth-order valence-corrected chi connectivity index (χ4v) is 4.76. The average Bonchev–Trinajstić information content (AvgIpc) is 3.25. The molecule has 184 valence electrons. The van der Waals surface area contributed by atoms with Crippen molar-refractivity contribution in [1.82, 2.24) is 24.5 Å². The molecule has 1 amide bonds. The number of pyridine rings is 1. The van der Waals surface area contributed by atoms with Gasteiger partial charge in [0.05, 0.1) is 18.3 Å². The van der Waals surface area contributed by atoms with E-state index in [2.05, 4.69) is 30.2 Å². The van der Waals surface area contributed by atoms with Crippen molar-refractivity contribution in [2.24, 2.45) is 0 Å². The number of nitrogens with zero attached hydrogens (tertiary/aromatic N) is 5. The number of methoxy groups -OCH3 is 1. The van der Waals surface area contributed by atoms with Gasteiger partial charge in [-0.2, -0.15) is 0 Å². The normalized spacial score (nSPS) is 14.1. The first-order valence-corrected chi connectivity index (χ1v) is 11.6. The molecule has 0 aliphatic carbocycles. The van der Waals surface area contributed by atoms with Crippen LogP contribution in [0.3, 0.4) is 0 Å². The maximum atomic E-state index is 13.2. The second kappa shape index (κ2) is 9.61. The molecule has 4 aromatic rings. The Labute approximate surface area is 206 Å². The molecule has 0 atom stereocenters. The van der Waals surface area contributed by atoms with Crippen molar-refractivity contribution in [3.63, 3.8) is 0 Å². The molecule has 1 aliphatic rings. The zero-order valence-corrected chi connectivity index (χ0v) is 19.9. The lowest BCUT2D eigenvalue weighted by atomic mass is 10.0. The molecule has 5 rings (SSSR count). The molecule has 4 heterocycles. The minimum absolute atomic E-state index is 0.0450. The number of carbonyl (C=O) groups excluding carboxylic acids is 2. The number of anilines is 2. The molecule has 3 aromatic heterocycles. The number of H-pyrrole nitrogens is 1. The van der Waals surface area contributed by atoms with Gasteiger partial charge in [-0.3, -0.25) is 19.1 Å². The van der Waals surface area contributed by atoms with Crippen molar-refractivity contribution in [3.8, 4) is 5.75 Å². The zero-order chi connectivity index (χ0) is 25.2. The molecule has 2 N–H and O–H groups in total. The predicted molar refractivity (Wildman–Crippen MR) is 134 cm³/mol. The fourth-order valence-electron chi connectivity index (χ4n) is 4.76. The van der Waals surface area contributed by atoms with E-state index < -0.39 is 0 Å². The topological polar surface area (TPSA) is 135 Å². The number of nitrogens with one attached hydrogen (secondary N) is 2. The van der Waals surface area contributed by atoms with Crippen LogP contribution in [0.15, 0.2) is 47.7 Å². The van der Waals surface area contributed by atoms with Crippen molar-refractivity contribution >= 4 is 34.9 Å². The average molecular weight is 488 g/mol. The number of amides is 1. The molecule has 0 radical (unpaired) electrons. The number of ether oxygens (including phenoxy) is 1. The number of fused-ring (bicyclic) bond motifs is 1. The molecule has 0 saturated carbocycles. The summed E-state index contributed by atoms with van der Waals surface area (Å²) in [6, 6.07) is 8.73. The minimum Gasteiger partial charge on any atom is -0.495 e. The summed E-state index contributed by atoms with van der Waals surface area (Å²) in [5.41, 5.74) is 3.11. The van der Waals surface area contributed by atoms with E-state index in [0.29, 0.717) is 53.5 Å². The zero-order valence-electron chi connectivity index (χ0n) is 19.9. The van der Waals surface area contributed by atoms with Gasteiger partial charge in [0, 0.05) is 37.0 Å². The van der Waals surface area contributed by atoms with Crippen LogP contribution in [0.4, 0.5) is 11.5 Å². The van der Waals surface area contributed by atoms with E-state index in [-0.39, 0.29) is 23.2 Å². The van der Waals surface area contributed by atoms with Gasteiger partial charge in [-0.25, -0.2) is 19.7 Å². The summed E-state index contributed by atoms with van der Waals surface area (Å²) in [6.45, 7) is 3.14. The van der Waals surface area contributed by atoms with Crippen LogP contribution in [0.5, 0.6) is 5.75 Å². The van der Waals surface area contributed by atoms with Crippen molar-refractivity contribution in [3.05, 3.63) is 70.2 Å². The van der Waals surface area contributed by atoms with Gasteiger partial charge in [-0.05, 0) is 49.6 Å². The third kappa shape index (κ3) is 4.19. The molecule has 1 fully saturated rings. The third-order valence-corrected chi connectivity index (χ3v) is 6.51. The number of aromatic amines is 1. The van der Waals surface area contributed by atoms with Gasteiger partial charge >= 0.3 is 5.69 Å². The van der Waals surface area contributed by atoms with Crippen LogP contribution < -0.4 is 20.6 Å². The molecule has 1 aliphatic heterocycles. The van der Waals surface area contributed by atoms with Gasteiger partial charge in [-0.15, -0.1) is 0 Å². The standard InChI is InChI=1S/C25H25N7O4/c1-15-10-16(11-20(36-2)22(15)29-14-33)23(34)18-12-21(28-13-27-18)31-8-5-17(6-9-31)32-19-4-3-7-26-24(19)30-25(32)35/h3-4,7,10-14,17H,5-6,8-9H2,1-2H3,(H,29,33)(H,26,30,35). The van der Waals surface area contributed by atoms with Gasteiger partial charge in [0.15, 0.2) is 5.65 Å². The maximum Gasteiger partial charge on any atom is 0.327 e. The lowest BCUT2D eigenvalue weighted by molar-refractivity contribution is -0.105. The lowest BCUT2D eigenvalue weighted by Gasteiger charge is -2.33. The van der Waals surface area contributed by atoms with E-state index >= 15 is 0 Å². The number of benzene rings is 1. The van der Waals surface area contributed by atoms with Crippen LogP contribution in [-0.2, 0) is 4.79 Å². The summed E-state index contributed by atoms with van der Waals surface area (Å²) < 4.78 is 7.14. The molecule has 0 spiro atoms. The van der Waals surface area contributed by atoms with Crippen LogP contribution in [0.25, 0.3) is 11.2 Å². The van der Waals surface area contributed by atoms with E-state index in [4.69, 9.17) is 4.74 Å². The van der Waals surface area contributed by atoms with Gasteiger partial charge in [-0.1, -0.05) is 0 Å². The summed E-state index contributed by atoms with van der Waals surface area (Å²) in [4.78, 5) is 54.4. The molecule has 11 nitrogen and oxygen atoms in total. The third-order valence-electron chi connectivity index (χ3n) is 6.51. The largest absolute Gasteiger partial charge is 0.495 e. The molecule has 1 saturated heterocycles. The van der Waals surface area contributed by atoms with E-state index in [1.165, 1.54) is 13.4 Å². The van der Waals surface area contributed by atoms with Crippen LogP contribution >= 0.6 is 0 Å². The summed E-state index contributed by atoms with van der Waals surface area (Å²) in [7, 11) is 1.48. The molecular weight excluding hydrogens is 462 g/mol. The first-order valence-electron chi connectivity index (χ1n) is 11.6. The number of aryl methyl sites for hydroxylation is 1. The highest BCUT2D eigenvalue weighted by Gasteiger charge is 2.25. The first-order chi connectivity index (χ1) is 17.5. The second-order valence-corrected chi connectivity index (χ2v) is 8.61. The van der Waals surface area contributed by atoms with Crippen LogP contribution in [0, 0.1) is 6.92 Å². The molecule has 0 bridgehead atoms. The van der Waals surface area contributed by atoms with Crippen LogP contribution in [0.2, 0.25) is 0 Å². The molecule has 36 heavy (non-hydrogen) atoms. The SMILES string of the molecule is COc1cc(C(=O)c2cc(N3CCC(n4c(=O)[nH]c5ncccc54)CC3)ncn2)cc(C)c1NC=O. The number of piperidine rings is 1. The first kappa shape index (κ1) is 23.2. The highest BCUT2D eigenvalue weighted by Crippen LogP contribution is 2.31. The summed E-state index contributed by atoms with van der Waals surface area (Å²) in [5, 5.41) is 2.60. The van der Waals surface area contributed by atoms with Gasteiger partial charge < -0.3 is 15.0 Å². The minimum atomic E-state index is -0.273. The van der Waals surface area contributed by atoms with Crippen LogP contribution in [-0.4, -0.2) is 56.9 Å². The number of rotatable bonds is 7. The summed E-state index contributed by atoms with van der Waals surface area (Å²) >= 11 is 0. The Balaban J connectivity index is 1.34. The van der Waals surface area contributed by atoms with E-state index in [1.54, 1.807) is 35.9 Å². The Kier molecular flexibility index (Phi) is 6.19. The monoisotopic (exact) mass is 487 g/mol. The smallest absolute Gasteiger partial charge is 0.327 e. The van der Waals surface area contributed by atoms with E-state index in [9.17, 15) is 14.4 Å². The highest BCUT2D eigenvalue weighted by atomic mass is 16.5. The van der Waals surface area contributed by atoms with Gasteiger partial charge in [0.1, 0.15) is 23.6 Å². The number of hydrogen-bond acceptors (Lipinski definition) is 8.